The second-order valence-corrected chi connectivity index (χ2v) is 7.54. The van der Waals surface area contributed by atoms with Gasteiger partial charge in [-0.15, -0.1) is 11.3 Å². The van der Waals surface area contributed by atoms with E-state index in [1.54, 1.807) is 23.5 Å². The van der Waals surface area contributed by atoms with Gasteiger partial charge in [-0.25, -0.2) is 9.67 Å². The standard InChI is InChI=1S/C21H18N4O2S/c1-13-17-8-3-4-9-18(17)21(27)25(24-13)11-20(26)23-16-7-5-6-15(10-16)19-12-28-14(2)22-19/h3-10,12H,11H2,1-2H3,(H,23,26). The molecular formula is C21H18N4O2S. The maximum absolute atomic E-state index is 12.6. The molecule has 6 nitrogen and oxygen atoms in total. The molecule has 0 spiro atoms. The van der Waals surface area contributed by atoms with Gasteiger partial charge in [0.15, 0.2) is 0 Å². The minimum atomic E-state index is -0.309. The van der Waals surface area contributed by atoms with Crippen LogP contribution in [0.2, 0.25) is 0 Å². The van der Waals surface area contributed by atoms with E-state index in [0.29, 0.717) is 16.8 Å². The quantitative estimate of drug-likeness (QED) is 0.575. The van der Waals surface area contributed by atoms with Gasteiger partial charge in [-0.2, -0.15) is 5.10 Å². The van der Waals surface area contributed by atoms with Crippen molar-refractivity contribution < 1.29 is 4.79 Å². The second-order valence-electron chi connectivity index (χ2n) is 6.47. The lowest BCUT2D eigenvalue weighted by Gasteiger charge is -2.10. The Bertz CT molecular complexity index is 1240. The summed E-state index contributed by atoms with van der Waals surface area (Å²) in [5, 5.41) is 11.5. The van der Waals surface area contributed by atoms with Crippen LogP contribution in [0.3, 0.4) is 0 Å². The van der Waals surface area contributed by atoms with Gasteiger partial charge in [-0.05, 0) is 32.0 Å². The summed E-state index contributed by atoms with van der Waals surface area (Å²) in [5.41, 5.74) is 2.89. The summed E-state index contributed by atoms with van der Waals surface area (Å²) < 4.78 is 1.21. The van der Waals surface area contributed by atoms with Gasteiger partial charge in [0.2, 0.25) is 5.91 Å². The fraction of sp³-hybridized carbons (Fsp3) is 0.143. The summed E-state index contributed by atoms with van der Waals surface area (Å²) in [7, 11) is 0. The monoisotopic (exact) mass is 390 g/mol. The van der Waals surface area contributed by atoms with Crippen molar-refractivity contribution in [1.82, 2.24) is 14.8 Å². The number of anilines is 1. The van der Waals surface area contributed by atoms with Gasteiger partial charge in [0.25, 0.3) is 5.56 Å². The van der Waals surface area contributed by atoms with Gasteiger partial charge in [0, 0.05) is 22.0 Å². The Morgan fingerprint density at radius 1 is 1.11 bits per heavy atom. The van der Waals surface area contributed by atoms with Crippen LogP contribution in [0.4, 0.5) is 5.69 Å². The Labute approximate surface area is 165 Å². The van der Waals surface area contributed by atoms with Crippen LogP contribution in [0.1, 0.15) is 10.7 Å². The average Bonchev–Trinajstić information content (AvgIpc) is 3.12. The number of hydrogen-bond donors (Lipinski definition) is 1. The number of carbonyl (C=O) groups excluding carboxylic acids is 1. The molecular weight excluding hydrogens is 372 g/mol. The summed E-state index contributed by atoms with van der Waals surface area (Å²) in [6.07, 6.45) is 0. The number of aromatic nitrogens is 3. The number of hydrogen-bond acceptors (Lipinski definition) is 5. The number of thiazole rings is 1. The topological polar surface area (TPSA) is 76.9 Å². The summed E-state index contributed by atoms with van der Waals surface area (Å²) in [5.74, 6) is -0.309. The fourth-order valence-electron chi connectivity index (χ4n) is 3.10. The first-order valence-corrected chi connectivity index (χ1v) is 9.68. The number of fused-ring (bicyclic) bond motifs is 1. The largest absolute Gasteiger partial charge is 0.324 e. The van der Waals surface area contributed by atoms with Crippen LogP contribution in [-0.4, -0.2) is 20.7 Å². The first-order valence-electron chi connectivity index (χ1n) is 8.80. The molecule has 0 fully saturated rings. The van der Waals surface area contributed by atoms with E-state index in [-0.39, 0.29) is 18.0 Å². The zero-order chi connectivity index (χ0) is 19.7. The third-order valence-corrected chi connectivity index (χ3v) is 5.18. The highest BCUT2D eigenvalue weighted by molar-refractivity contribution is 7.09. The molecule has 7 heteroatoms. The first-order chi connectivity index (χ1) is 13.5. The SMILES string of the molecule is Cc1nc(-c2cccc(NC(=O)Cn3nc(C)c4ccccc4c3=O)c2)cs1. The van der Waals surface area contributed by atoms with Crippen molar-refractivity contribution in [1.29, 1.82) is 0 Å². The smallest absolute Gasteiger partial charge is 0.275 e. The Morgan fingerprint density at radius 3 is 2.64 bits per heavy atom. The number of nitrogens with one attached hydrogen (secondary N) is 1. The Morgan fingerprint density at radius 2 is 1.89 bits per heavy atom. The normalized spacial score (nSPS) is 10.9. The predicted octanol–water partition coefficient (Wildman–Crippen LogP) is 3.78. The minimum Gasteiger partial charge on any atom is -0.324 e. The zero-order valence-corrected chi connectivity index (χ0v) is 16.3. The molecule has 1 N–H and O–H groups in total. The van der Waals surface area contributed by atoms with E-state index in [0.717, 1.165) is 21.7 Å². The maximum atomic E-state index is 12.6. The number of rotatable bonds is 4. The fourth-order valence-corrected chi connectivity index (χ4v) is 3.72. The van der Waals surface area contributed by atoms with Crippen molar-refractivity contribution in [3.63, 3.8) is 0 Å². The van der Waals surface area contributed by atoms with E-state index >= 15 is 0 Å². The number of benzene rings is 2. The first kappa shape index (κ1) is 18.1. The Balaban J connectivity index is 1.56. The molecule has 28 heavy (non-hydrogen) atoms. The molecule has 0 aliphatic carbocycles. The summed E-state index contributed by atoms with van der Waals surface area (Å²) >= 11 is 1.58. The van der Waals surface area contributed by atoms with Gasteiger partial charge in [-0.1, -0.05) is 30.3 Å². The van der Waals surface area contributed by atoms with Gasteiger partial charge < -0.3 is 5.32 Å². The van der Waals surface area contributed by atoms with E-state index in [9.17, 15) is 9.59 Å². The molecule has 0 aliphatic heterocycles. The zero-order valence-electron chi connectivity index (χ0n) is 15.5. The summed E-state index contributed by atoms with van der Waals surface area (Å²) in [6.45, 7) is 3.64. The lowest BCUT2D eigenvalue weighted by atomic mass is 10.1. The number of amides is 1. The van der Waals surface area contributed by atoms with Crippen LogP contribution in [0.5, 0.6) is 0 Å². The van der Waals surface area contributed by atoms with Crippen molar-refractivity contribution in [3.8, 4) is 11.3 Å². The Kier molecular flexibility index (Phi) is 4.75. The summed E-state index contributed by atoms with van der Waals surface area (Å²) in [6, 6.07) is 14.8. The van der Waals surface area contributed by atoms with Crippen molar-refractivity contribution in [3.05, 3.63) is 75.0 Å². The molecule has 2 heterocycles. The highest BCUT2D eigenvalue weighted by atomic mass is 32.1. The highest BCUT2D eigenvalue weighted by Gasteiger charge is 2.11. The van der Waals surface area contributed by atoms with Crippen molar-refractivity contribution >= 4 is 33.7 Å². The number of aryl methyl sites for hydroxylation is 2. The van der Waals surface area contributed by atoms with Crippen LogP contribution in [0.15, 0.2) is 58.7 Å². The lowest BCUT2D eigenvalue weighted by molar-refractivity contribution is -0.117. The maximum Gasteiger partial charge on any atom is 0.275 e. The molecule has 0 bridgehead atoms. The average molecular weight is 390 g/mol. The van der Waals surface area contributed by atoms with Crippen LogP contribution >= 0.6 is 11.3 Å². The van der Waals surface area contributed by atoms with Crippen molar-refractivity contribution in [2.75, 3.05) is 5.32 Å². The molecule has 0 atom stereocenters. The lowest BCUT2D eigenvalue weighted by Crippen LogP contribution is -2.30. The molecule has 140 valence electrons. The minimum absolute atomic E-state index is 0.148. The molecule has 0 radical (unpaired) electrons. The predicted molar refractivity (Wildman–Crippen MR) is 112 cm³/mol. The van der Waals surface area contributed by atoms with E-state index in [1.807, 2.05) is 55.6 Å². The molecule has 0 unspecified atom stereocenters. The van der Waals surface area contributed by atoms with Gasteiger partial charge >= 0.3 is 0 Å². The van der Waals surface area contributed by atoms with Crippen molar-refractivity contribution in [2.45, 2.75) is 20.4 Å². The molecule has 0 saturated carbocycles. The van der Waals surface area contributed by atoms with Crippen LogP contribution in [0.25, 0.3) is 22.0 Å². The van der Waals surface area contributed by atoms with E-state index < -0.39 is 0 Å². The molecule has 2 aromatic carbocycles. The van der Waals surface area contributed by atoms with Gasteiger partial charge in [0.05, 0.1) is 21.8 Å². The van der Waals surface area contributed by atoms with Crippen LogP contribution in [0, 0.1) is 13.8 Å². The second kappa shape index (κ2) is 7.36. The van der Waals surface area contributed by atoms with Gasteiger partial charge in [0.1, 0.15) is 6.54 Å². The van der Waals surface area contributed by atoms with Crippen LogP contribution < -0.4 is 10.9 Å². The van der Waals surface area contributed by atoms with Crippen LogP contribution in [-0.2, 0) is 11.3 Å². The van der Waals surface area contributed by atoms with E-state index in [4.69, 9.17) is 0 Å². The highest BCUT2D eigenvalue weighted by Crippen LogP contribution is 2.24. The van der Waals surface area contributed by atoms with Crippen molar-refractivity contribution in [2.24, 2.45) is 0 Å². The third kappa shape index (κ3) is 3.57. The number of carbonyl (C=O) groups is 1. The molecule has 4 rings (SSSR count). The summed E-state index contributed by atoms with van der Waals surface area (Å²) in [4.78, 5) is 29.6. The third-order valence-electron chi connectivity index (χ3n) is 4.41. The Hall–Kier alpha value is -3.32. The molecule has 2 aromatic heterocycles. The van der Waals surface area contributed by atoms with E-state index in [2.05, 4.69) is 15.4 Å². The van der Waals surface area contributed by atoms with Gasteiger partial charge in [-0.3, -0.25) is 9.59 Å². The van der Waals surface area contributed by atoms with E-state index in [1.165, 1.54) is 4.68 Å². The molecule has 0 saturated heterocycles. The molecule has 1 amide bonds. The number of nitrogens with zero attached hydrogens (tertiary/aromatic N) is 3. The molecule has 0 aliphatic rings. The molecule has 4 aromatic rings.